The molecular weight excluding hydrogens is 446 g/mol. The Hall–Kier alpha value is -4.18. The van der Waals surface area contributed by atoms with Crippen molar-refractivity contribution in [3.05, 3.63) is 60.4 Å². The van der Waals surface area contributed by atoms with Crippen molar-refractivity contribution < 1.29 is 14.3 Å². The molecule has 3 heterocycles. The van der Waals surface area contributed by atoms with Gasteiger partial charge in [0.15, 0.2) is 11.5 Å². The summed E-state index contributed by atoms with van der Waals surface area (Å²) in [5.74, 6) is 2.39. The number of hydrogen-bond acceptors (Lipinski definition) is 8. The number of ether oxygens (including phenoxy) is 2. The molecule has 0 spiro atoms. The molecule has 2 aromatic carbocycles. The number of amides is 1. The van der Waals surface area contributed by atoms with E-state index in [0.29, 0.717) is 35.2 Å². The molecule has 1 aliphatic rings. The lowest BCUT2D eigenvalue weighted by Gasteiger charge is -2.18. The minimum Gasteiger partial charge on any atom is -0.454 e. The fourth-order valence-electron chi connectivity index (χ4n) is 3.96. The Balaban J connectivity index is 1.31. The minimum atomic E-state index is -0.0863. The van der Waals surface area contributed by atoms with Crippen LogP contribution in [0.5, 0.6) is 11.5 Å². The summed E-state index contributed by atoms with van der Waals surface area (Å²) in [6.07, 6.45) is 1.47. The van der Waals surface area contributed by atoms with Crippen LogP contribution >= 0.6 is 0 Å². The quantitative estimate of drug-likeness (QED) is 0.381. The van der Waals surface area contributed by atoms with Crippen molar-refractivity contribution in [3.63, 3.8) is 0 Å². The molecule has 5 rings (SSSR count). The first-order valence-electron chi connectivity index (χ1n) is 11.6. The van der Waals surface area contributed by atoms with E-state index >= 15 is 0 Å². The molecule has 0 unspecified atom stereocenters. The highest BCUT2D eigenvalue weighted by Gasteiger charge is 2.17. The zero-order valence-electron chi connectivity index (χ0n) is 19.7. The van der Waals surface area contributed by atoms with E-state index in [1.165, 1.54) is 6.33 Å². The van der Waals surface area contributed by atoms with Crippen LogP contribution in [0.4, 0.5) is 11.5 Å². The molecular formula is C25H27N7O3. The van der Waals surface area contributed by atoms with Gasteiger partial charge in [-0.2, -0.15) is 19.6 Å². The van der Waals surface area contributed by atoms with Gasteiger partial charge < -0.3 is 25.0 Å². The summed E-state index contributed by atoms with van der Waals surface area (Å²) in [6.45, 7) is 7.84. The van der Waals surface area contributed by atoms with Crippen molar-refractivity contribution in [2.45, 2.75) is 13.8 Å². The Morgan fingerprint density at radius 1 is 1.06 bits per heavy atom. The second-order valence-corrected chi connectivity index (χ2v) is 8.05. The molecule has 2 aromatic heterocycles. The second-order valence-electron chi connectivity index (χ2n) is 8.05. The Morgan fingerprint density at radius 3 is 2.66 bits per heavy atom. The molecule has 0 aliphatic carbocycles. The maximum Gasteiger partial charge on any atom is 0.254 e. The van der Waals surface area contributed by atoms with Crippen molar-refractivity contribution in [1.82, 2.24) is 29.8 Å². The van der Waals surface area contributed by atoms with Crippen LogP contribution in [0.3, 0.4) is 0 Å². The van der Waals surface area contributed by atoms with Gasteiger partial charge in [-0.05, 0) is 55.6 Å². The van der Waals surface area contributed by atoms with Gasteiger partial charge in [0.05, 0.1) is 5.69 Å². The largest absolute Gasteiger partial charge is 0.454 e. The van der Waals surface area contributed by atoms with E-state index in [4.69, 9.17) is 9.47 Å². The van der Waals surface area contributed by atoms with Crippen LogP contribution in [0.15, 0.2) is 54.9 Å². The van der Waals surface area contributed by atoms with Crippen molar-refractivity contribution in [2.75, 3.05) is 38.3 Å². The monoisotopic (exact) mass is 473 g/mol. The number of nitrogens with one attached hydrogen (secondary N) is 2. The van der Waals surface area contributed by atoms with E-state index in [2.05, 4.69) is 44.4 Å². The first-order chi connectivity index (χ1) is 17.1. The second kappa shape index (κ2) is 9.98. The molecule has 1 amide bonds. The number of likely N-dealkylation sites (N-methyl/N-ethyl adjacent to an activating group) is 1. The first kappa shape index (κ1) is 22.6. The highest BCUT2D eigenvalue weighted by Crippen LogP contribution is 2.36. The molecule has 0 fully saturated rings. The van der Waals surface area contributed by atoms with Gasteiger partial charge in [-0.3, -0.25) is 4.79 Å². The van der Waals surface area contributed by atoms with Gasteiger partial charge in [0.25, 0.3) is 11.7 Å². The van der Waals surface area contributed by atoms with Crippen molar-refractivity contribution in [2.24, 2.45) is 0 Å². The Kier molecular flexibility index (Phi) is 6.44. The summed E-state index contributed by atoms with van der Waals surface area (Å²) in [7, 11) is 0. The lowest BCUT2D eigenvalue weighted by Crippen LogP contribution is -2.34. The van der Waals surface area contributed by atoms with Crippen molar-refractivity contribution in [1.29, 1.82) is 0 Å². The van der Waals surface area contributed by atoms with E-state index in [9.17, 15) is 4.79 Å². The highest BCUT2D eigenvalue weighted by molar-refractivity contribution is 5.94. The number of fused-ring (bicyclic) bond motifs is 2. The highest BCUT2D eigenvalue weighted by atomic mass is 16.7. The van der Waals surface area contributed by atoms with Crippen LogP contribution in [0.1, 0.15) is 24.2 Å². The third-order valence-corrected chi connectivity index (χ3v) is 5.95. The standard InChI is InChI=1S/C25H27N7O3/c1-3-31(4-2)12-11-26-24(33)17-5-8-19(9-6-17)29-23-14-20(32-25(30-23)27-15-28-32)18-7-10-21-22(13-18)35-16-34-21/h5-10,13-15H,3-4,11-12,16H2,1-2H3,(H,26,33)(H,27,28,29,30). The molecule has 0 bridgehead atoms. The predicted molar refractivity (Wildman–Crippen MR) is 132 cm³/mol. The van der Waals surface area contributed by atoms with E-state index < -0.39 is 0 Å². The third-order valence-electron chi connectivity index (χ3n) is 5.95. The molecule has 10 nitrogen and oxygen atoms in total. The molecule has 4 aromatic rings. The van der Waals surface area contributed by atoms with Crippen molar-refractivity contribution >= 4 is 23.2 Å². The Bertz CT molecular complexity index is 1330. The van der Waals surface area contributed by atoms with Gasteiger partial charge in [-0.25, -0.2) is 0 Å². The maximum atomic E-state index is 12.5. The number of nitrogens with zero attached hydrogens (tertiary/aromatic N) is 5. The van der Waals surface area contributed by atoms with Crippen LogP contribution < -0.4 is 20.1 Å². The average Bonchev–Trinajstić information content (AvgIpc) is 3.55. The molecule has 35 heavy (non-hydrogen) atoms. The number of rotatable bonds is 9. The summed E-state index contributed by atoms with van der Waals surface area (Å²) < 4.78 is 12.6. The smallest absolute Gasteiger partial charge is 0.254 e. The molecule has 180 valence electrons. The SMILES string of the molecule is CCN(CC)CCNC(=O)c1ccc(Nc2cc(-c3ccc4c(c3)OCO4)n3ncnc3n2)cc1. The normalized spacial score (nSPS) is 12.3. The van der Waals surface area contributed by atoms with E-state index in [-0.39, 0.29) is 12.7 Å². The fraction of sp³-hybridized carbons (Fsp3) is 0.280. The topological polar surface area (TPSA) is 106 Å². The summed E-state index contributed by atoms with van der Waals surface area (Å²) in [5, 5.41) is 10.6. The predicted octanol–water partition coefficient (Wildman–Crippen LogP) is 3.34. The zero-order chi connectivity index (χ0) is 24.2. The number of hydrogen-bond donors (Lipinski definition) is 2. The first-order valence-corrected chi connectivity index (χ1v) is 11.6. The summed E-state index contributed by atoms with van der Waals surface area (Å²) >= 11 is 0. The average molecular weight is 474 g/mol. The number of aromatic nitrogens is 4. The number of carbonyl (C=O) groups is 1. The molecule has 0 radical (unpaired) electrons. The van der Waals surface area contributed by atoms with Gasteiger partial charge >= 0.3 is 0 Å². The van der Waals surface area contributed by atoms with Crippen LogP contribution in [0, 0.1) is 0 Å². The molecule has 1 aliphatic heterocycles. The number of benzene rings is 2. The Labute approximate surface area is 202 Å². The summed E-state index contributed by atoms with van der Waals surface area (Å²) in [6, 6.07) is 14.9. The van der Waals surface area contributed by atoms with Crippen LogP contribution in [-0.4, -0.2) is 63.4 Å². The minimum absolute atomic E-state index is 0.0863. The lowest BCUT2D eigenvalue weighted by molar-refractivity contribution is 0.0949. The molecule has 0 saturated heterocycles. The number of carbonyl (C=O) groups excluding carboxylic acids is 1. The van der Waals surface area contributed by atoms with Gasteiger partial charge in [0, 0.05) is 36.0 Å². The number of anilines is 2. The third kappa shape index (κ3) is 4.87. The Morgan fingerprint density at radius 2 is 1.86 bits per heavy atom. The molecule has 0 saturated carbocycles. The van der Waals surface area contributed by atoms with Crippen LogP contribution in [0.2, 0.25) is 0 Å². The van der Waals surface area contributed by atoms with Gasteiger partial charge in [0.1, 0.15) is 12.1 Å². The van der Waals surface area contributed by atoms with Gasteiger partial charge in [-0.15, -0.1) is 0 Å². The van der Waals surface area contributed by atoms with Crippen LogP contribution in [0.25, 0.3) is 17.0 Å². The molecule has 0 atom stereocenters. The summed E-state index contributed by atoms with van der Waals surface area (Å²) in [5.41, 5.74) is 3.11. The zero-order valence-corrected chi connectivity index (χ0v) is 19.7. The van der Waals surface area contributed by atoms with E-state index in [1.807, 2.05) is 36.4 Å². The van der Waals surface area contributed by atoms with Gasteiger partial charge in [-0.1, -0.05) is 13.8 Å². The molecule has 2 N–H and O–H groups in total. The fourth-order valence-corrected chi connectivity index (χ4v) is 3.96. The van der Waals surface area contributed by atoms with E-state index in [0.717, 1.165) is 36.6 Å². The van der Waals surface area contributed by atoms with Gasteiger partial charge in [0.2, 0.25) is 6.79 Å². The molecule has 10 heteroatoms. The maximum absolute atomic E-state index is 12.5. The summed E-state index contributed by atoms with van der Waals surface area (Å²) in [4.78, 5) is 23.6. The van der Waals surface area contributed by atoms with Crippen LogP contribution in [-0.2, 0) is 0 Å². The van der Waals surface area contributed by atoms with E-state index in [1.54, 1.807) is 16.6 Å². The lowest BCUT2D eigenvalue weighted by atomic mass is 10.1. The van der Waals surface area contributed by atoms with Crippen molar-refractivity contribution in [3.8, 4) is 22.8 Å².